The average Bonchev–Trinajstić information content (AvgIpc) is 2.81. The topological polar surface area (TPSA) is 0 Å². The Balaban J connectivity index is 2.28. The molecule has 92 valence electrons. The molecule has 0 saturated heterocycles. The standard InChI is InChI=1S/C17H17F/c1-11-5-3-6-12(2)17(11)15-9-10-16(18)14-8-4-7-13(14)15/h3,5-6,9-10H,4,7-8H2,1-2H3. The summed E-state index contributed by atoms with van der Waals surface area (Å²) in [7, 11) is 0. The molecule has 2 aromatic rings. The van der Waals surface area contributed by atoms with Crippen LogP contribution in [0.5, 0.6) is 0 Å². The van der Waals surface area contributed by atoms with E-state index >= 15 is 0 Å². The molecule has 2 aromatic carbocycles. The molecule has 0 aliphatic heterocycles. The van der Waals surface area contributed by atoms with Crippen LogP contribution in [0.3, 0.4) is 0 Å². The molecule has 0 nitrogen and oxygen atoms in total. The third kappa shape index (κ3) is 1.66. The van der Waals surface area contributed by atoms with Crippen molar-refractivity contribution < 1.29 is 4.39 Å². The van der Waals surface area contributed by atoms with E-state index < -0.39 is 0 Å². The Morgan fingerprint density at radius 3 is 2.28 bits per heavy atom. The van der Waals surface area contributed by atoms with Gasteiger partial charge in [-0.2, -0.15) is 0 Å². The van der Waals surface area contributed by atoms with E-state index in [1.165, 1.54) is 27.8 Å². The molecule has 0 heterocycles. The van der Waals surface area contributed by atoms with Crippen molar-refractivity contribution in [2.75, 3.05) is 0 Å². The molecular formula is C17H17F. The molecule has 18 heavy (non-hydrogen) atoms. The van der Waals surface area contributed by atoms with Gasteiger partial charge in [0.05, 0.1) is 0 Å². The summed E-state index contributed by atoms with van der Waals surface area (Å²) in [5.41, 5.74) is 7.24. The van der Waals surface area contributed by atoms with E-state index in [2.05, 4.69) is 32.0 Å². The van der Waals surface area contributed by atoms with Crippen LogP contribution < -0.4 is 0 Å². The Labute approximate surface area is 107 Å². The smallest absolute Gasteiger partial charge is 0.126 e. The van der Waals surface area contributed by atoms with E-state index in [9.17, 15) is 4.39 Å². The summed E-state index contributed by atoms with van der Waals surface area (Å²) in [5, 5.41) is 0. The molecule has 0 atom stereocenters. The Bertz CT molecular complexity index is 591. The highest BCUT2D eigenvalue weighted by Gasteiger charge is 2.20. The number of aryl methyl sites for hydroxylation is 2. The maximum atomic E-state index is 13.8. The van der Waals surface area contributed by atoms with Gasteiger partial charge in [0, 0.05) is 0 Å². The second-order valence-electron chi connectivity index (χ2n) is 5.17. The highest BCUT2D eigenvalue weighted by molar-refractivity contribution is 5.75. The number of benzene rings is 2. The average molecular weight is 240 g/mol. The van der Waals surface area contributed by atoms with Gasteiger partial charge in [-0.25, -0.2) is 4.39 Å². The van der Waals surface area contributed by atoms with Crippen LogP contribution in [0.25, 0.3) is 11.1 Å². The maximum absolute atomic E-state index is 13.8. The van der Waals surface area contributed by atoms with Crippen LogP contribution in [0.15, 0.2) is 30.3 Å². The van der Waals surface area contributed by atoms with Gasteiger partial charge in [-0.3, -0.25) is 0 Å². The second-order valence-corrected chi connectivity index (χ2v) is 5.17. The predicted molar refractivity (Wildman–Crippen MR) is 73.3 cm³/mol. The summed E-state index contributed by atoms with van der Waals surface area (Å²) in [6.45, 7) is 4.26. The normalized spacial score (nSPS) is 13.7. The summed E-state index contributed by atoms with van der Waals surface area (Å²) in [5.74, 6) is -0.0301. The first-order valence-corrected chi connectivity index (χ1v) is 6.55. The van der Waals surface area contributed by atoms with Crippen molar-refractivity contribution in [3.05, 3.63) is 58.4 Å². The molecule has 1 heteroatoms. The molecule has 0 N–H and O–H groups in total. The minimum absolute atomic E-state index is 0.0301. The van der Waals surface area contributed by atoms with Crippen LogP contribution >= 0.6 is 0 Å². The molecule has 0 fully saturated rings. The first kappa shape index (κ1) is 11.5. The van der Waals surface area contributed by atoms with Crippen LogP contribution in [0.2, 0.25) is 0 Å². The largest absolute Gasteiger partial charge is 0.207 e. The monoisotopic (exact) mass is 240 g/mol. The number of halogens is 1. The van der Waals surface area contributed by atoms with Gasteiger partial charge in [0.25, 0.3) is 0 Å². The van der Waals surface area contributed by atoms with E-state index in [-0.39, 0.29) is 5.82 Å². The number of hydrogen-bond donors (Lipinski definition) is 0. The van der Waals surface area contributed by atoms with Crippen molar-refractivity contribution >= 4 is 0 Å². The number of rotatable bonds is 1. The molecule has 0 aromatic heterocycles. The molecule has 0 radical (unpaired) electrons. The van der Waals surface area contributed by atoms with Gasteiger partial charge in [-0.15, -0.1) is 0 Å². The zero-order chi connectivity index (χ0) is 12.7. The summed E-state index contributed by atoms with van der Waals surface area (Å²) in [4.78, 5) is 0. The fourth-order valence-corrected chi connectivity index (χ4v) is 3.14. The van der Waals surface area contributed by atoms with Crippen LogP contribution in [0.1, 0.15) is 28.7 Å². The Kier molecular flexibility index (Phi) is 2.70. The van der Waals surface area contributed by atoms with E-state index in [0.29, 0.717) is 0 Å². The zero-order valence-corrected chi connectivity index (χ0v) is 10.9. The number of hydrogen-bond acceptors (Lipinski definition) is 0. The lowest BCUT2D eigenvalue weighted by atomic mass is 9.90. The van der Waals surface area contributed by atoms with Crippen molar-refractivity contribution in [1.29, 1.82) is 0 Å². The number of fused-ring (bicyclic) bond motifs is 1. The van der Waals surface area contributed by atoms with Crippen molar-refractivity contribution in [2.45, 2.75) is 33.1 Å². The Morgan fingerprint density at radius 2 is 1.56 bits per heavy atom. The Hall–Kier alpha value is -1.63. The van der Waals surface area contributed by atoms with E-state index in [4.69, 9.17) is 0 Å². The first-order valence-electron chi connectivity index (χ1n) is 6.55. The molecule has 0 amide bonds. The highest BCUT2D eigenvalue weighted by atomic mass is 19.1. The summed E-state index contributed by atoms with van der Waals surface area (Å²) >= 11 is 0. The minimum atomic E-state index is -0.0301. The molecule has 0 spiro atoms. The fraction of sp³-hybridized carbons (Fsp3) is 0.294. The minimum Gasteiger partial charge on any atom is -0.207 e. The third-order valence-corrected chi connectivity index (χ3v) is 3.98. The highest BCUT2D eigenvalue weighted by Crippen LogP contribution is 2.36. The Morgan fingerprint density at radius 1 is 0.889 bits per heavy atom. The first-order chi connectivity index (χ1) is 8.68. The van der Waals surface area contributed by atoms with Gasteiger partial charge in [0.15, 0.2) is 0 Å². The van der Waals surface area contributed by atoms with Crippen LogP contribution in [-0.2, 0) is 12.8 Å². The molecule has 3 rings (SSSR count). The quantitative estimate of drug-likeness (QED) is 0.683. The maximum Gasteiger partial charge on any atom is 0.126 e. The van der Waals surface area contributed by atoms with Gasteiger partial charge >= 0.3 is 0 Å². The molecule has 0 unspecified atom stereocenters. The lowest BCUT2D eigenvalue weighted by molar-refractivity contribution is 0.613. The fourth-order valence-electron chi connectivity index (χ4n) is 3.14. The lowest BCUT2D eigenvalue weighted by Gasteiger charge is -2.14. The van der Waals surface area contributed by atoms with Crippen LogP contribution in [0, 0.1) is 19.7 Å². The van der Waals surface area contributed by atoms with Gasteiger partial charge in [0.2, 0.25) is 0 Å². The lowest BCUT2D eigenvalue weighted by Crippen LogP contribution is -1.96. The molecule has 0 bridgehead atoms. The molecule has 1 aliphatic carbocycles. The molecule has 0 saturated carbocycles. The SMILES string of the molecule is Cc1cccc(C)c1-c1ccc(F)c2c1CCC2. The van der Waals surface area contributed by atoms with Crippen molar-refractivity contribution in [3.8, 4) is 11.1 Å². The summed E-state index contributed by atoms with van der Waals surface area (Å²) < 4.78 is 13.8. The third-order valence-electron chi connectivity index (χ3n) is 3.98. The van der Waals surface area contributed by atoms with Crippen molar-refractivity contribution in [2.24, 2.45) is 0 Å². The van der Waals surface area contributed by atoms with E-state index in [0.717, 1.165) is 24.8 Å². The molecular weight excluding hydrogens is 223 g/mol. The van der Waals surface area contributed by atoms with Crippen molar-refractivity contribution in [1.82, 2.24) is 0 Å². The summed E-state index contributed by atoms with van der Waals surface area (Å²) in [6, 6.07) is 9.93. The predicted octanol–water partition coefficient (Wildman–Crippen LogP) is 4.60. The summed E-state index contributed by atoms with van der Waals surface area (Å²) in [6.07, 6.45) is 2.98. The molecule has 1 aliphatic rings. The second kappa shape index (κ2) is 4.24. The van der Waals surface area contributed by atoms with E-state index in [1.54, 1.807) is 6.07 Å². The van der Waals surface area contributed by atoms with E-state index in [1.807, 2.05) is 6.07 Å². The van der Waals surface area contributed by atoms with Gasteiger partial charge < -0.3 is 0 Å². The van der Waals surface area contributed by atoms with Crippen LogP contribution in [-0.4, -0.2) is 0 Å². The van der Waals surface area contributed by atoms with Gasteiger partial charge in [0.1, 0.15) is 5.82 Å². The zero-order valence-electron chi connectivity index (χ0n) is 10.9. The van der Waals surface area contributed by atoms with Gasteiger partial charge in [-0.05, 0) is 72.6 Å². The van der Waals surface area contributed by atoms with Gasteiger partial charge in [-0.1, -0.05) is 24.3 Å². The van der Waals surface area contributed by atoms with Crippen molar-refractivity contribution in [3.63, 3.8) is 0 Å². The van der Waals surface area contributed by atoms with Crippen LogP contribution in [0.4, 0.5) is 4.39 Å².